The third-order valence-corrected chi connectivity index (χ3v) is 3.06. The van der Waals surface area contributed by atoms with Crippen molar-refractivity contribution >= 4 is 11.9 Å². The summed E-state index contributed by atoms with van der Waals surface area (Å²) in [5, 5.41) is 8.58. The topological polar surface area (TPSA) is 72.8 Å². The van der Waals surface area contributed by atoms with Crippen molar-refractivity contribution in [1.82, 2.24) is 0 Å². The first-order chi connectivity index (χ1) is 8.94. The van der Waals surface area contributed by atoms with E-state index in [4.69, 9.17) is 14.6 Å². The van der Waals surface area contributed by atoms with E-state index in [0.717, 1.165) is 6.42 Å². The smallest absolute Gasteiger partial charge is 0.311 e. The van der Waals surface area contributed by atoms with E-state index < -0.39 is 5.41 Å². The predicted molar refractivity (Wildman–Crippen MR) is 71.5 cm³/mol. The number of carbonyl (C=O) groups excluding carboxylic acids is 2. The van der Waals surface area contributed by atoms with Crippen molar-refractivity contribution in [2.45, 2.75) is 52.9 Å². The number of aliphatic hydroxyl groups is 1. The van der Waals surface area contributed by atoms with Crippen LogP contribution >= 0.6 is 0 Å². The Balaban J connectivity index is 3.58. The molecule has 0 aliphatic heterocycles. The maximum Gasteiger partial charge on any atom is 0.311 e. The van der Waals surface area contributed by atoms with Gasteiger partial charge in [-0.3, -0.25) is 9.59 Å². The number of esters is 2. The summed E-state index contributed by atoms with van der Waals surface area (Å²) in [7, 11) is 0. The molecule has 5 nitrogen and oxygen atoms in total. The quantitative estimate of drug-likeness (QED) is 0.487. The first kappa shape index (κ1) is 17.9. The Hall–Kier alpha value is -1.10. The minimum atomic E-state index is -0.492. The first-order valence-electron chi connectivity index (χ1n) is 6.87. The van der Waals surface area contributed by atoms with Gasteiger partial charge < -0.3 is 14.6 Å². The number of rotatable bonds is 10. The van der Waals surface area contributed by atoms with E-state index in [2.05, 4.69) is 0 Å². The van der Waals surface area contributed by atoms with Gasteiger partial charge in [0.25, 0.3) is 0 Å². The van der Waals surface area contributed by atoms with Crippen LogP contribution < -0.4 is 0 Å². The van der Waals surface area contributed by atoms with Crippen LogP contribution in [0.1, 0.15) is 52.9 Å². The summed E-state index contributed by atoms with van der Waals surface area (Å²) >= 11 is 0. The summed E-state index contributed by atoms with van der Waals surface area (Å²) in [6.45, 7) is 5.92. The molecule has 0 spiro atoms. The van der Waals surface area contributed by atoms with E-state index in [1.165, 1.54) is 0 Å². The summed E-state index contributed by atoms with van der Waals surface area (Å²) in [4.78, 5) is 22.9. The third-order valence-electron chi connectivity index (χ3n) is 3.06. The zero-order chi connectivity index (χ0) is 14.7. The largest absolute Gasteiger partial charge is 0.462 e. The van der Waals surface area contributed by atoms with Crippen molar-refractivity contribution in [2.24, 2.45) is 5.41 Å². The molecule has 0 aromatic carbocycles. The number of carbonyl (C=O) groups is 2. The van der Waals surface area contributed by atoms with Crippen LogP contribution in [0.25, 0.3) is 0 Å². The molecule has 0 unspecified atom stereocenters. The highest BCUT2D eigenvalue weighted by Crippen LogP contribution is 2.21. The van der Waals surface area contributed by atoms with E-state index in [-0.39, 0.29) is 31.8 Å². The lowest BCUT2D eigenvalue weighted by Gasteiger charge is -2.20. The van der Waals surface area contributed by atoms with Crippen LogP contribution in [0.3, 0.4) is 0 Å². The van der Waals surface area contributed by atoms with Gasteiger partial charge in [-0.2, -0.15) is 0 Å². The Bertz CT molecular complexity index is 273. The molecular formula is C14H26O5. The number of hydrogen-bond donors (Lipinski definition) is 1. The standard InChI is InChI=1S/C14H26O5/c1-4-14(2,3)13(17)19-11-10-18-12(16)8-6-5-7-9-15/h15H,4-11H2,1-3H3. The monoisotopic (exact) mass is 274 g/mol. The molecule has 0 aromatic rings. The van der Waals surface area contributed by atoms with Crippen molar-refractivity contribution in [3.05, 3.63) is 0 Å². The van der Waals surface area contributed by atoms with Crippen molar-refractivity contribution in [1.29, 1.82) is 0 Å². The van der Waals surface area contributed by atoms with Gasteiger partial charge in [-0.25, -0.2) is 0 Å². The molecule has 19 heavy (non-hydrogen) atoms. The minimum Gasteiger partial charge on any atom is -0.462 e. The van der Waals surface area contributed by atoms with Gasteiger partial charge >= 0.3 is 11.9 Å². The average molecular weight is 274 g/mol. The van der Waals surface area contributed by atoms with Crippen molar-refractivity contribution < 1.29 is 24.2 Å². The summed E-state index contributed by atoms with van der Waals surface area (Å²) in [6, 6.07) is 0. The molecule has 112 valence electrons. The highest BCUT2D eigenvalue weighted by molar-refractivity contribution is 5.75. The third kappa shape index (κ3) is 8.59. The summed E-state index contributed by atoms with van der Waals surface area (Å²) in [6.07, 6.45) is 3.27. The normalized spacial score (nSPS) is 11.2. The fraction of sp³-hybridized carbons (Fsp3) is 0.857. The molecule has 0 bridgehead atoms. The van der Waals surface area contributed by atoms with Crippen LogP contribution in [0, 0.1) is 5.41 Å². The zero-order valence-corrected chi connectivity index (χ0v) is 12.2. The van der Waals surface area contributed by atoms with Crippen LogP contribution in [0.5, 0.6) is 0 Å². The Labute approximate surface area is 115 Å². The second-order valence-electron chi connectivity index (χ2n) is 5.13. The van der Waals surface area contributed by atoms with Gasteiger partial charge in [0.1, 0.15) is 13.2 Å². The highest BCUT2D eigenvalue weighted by Gasteiger charge is 2.26. The van der Waals surface area contributed by atoms with E-state index in [0.29, 0.717) is 25.7 Å². The Morgan fingerprint density at radius 3 is 2.26 bits per heavy atom. The number of ether oxygens (including phenoxy) is 2. The van der Waals surface area contributed by atoms with Gasteiger partial charge in [0, 0.05) is 13.0 Å². The molecule has 5 heteroatoms. The van der Waals surface area contributed by atoms with Gasteiger partial charge in [-0.1, -0.05) is 13.3 Å². The molecule has 0 aliphatic carbocycles. The Kier molecular flexibility index (Phi) is 9.21. The van der Waals surface area contributed by atoms with E-state index in [1.807, 2.05) is 20.8 Å². The van der Waals surface area contributed by atoms with Crippen molar-refractivity contribution in [2.75, 3.05) is 19.8 Å². The molecule has 0 rings (SSSR count). The minimum absolute atomic E-state index is 0.102. The second-order valence-corrected chi connectivity index (χ2v) is 5.13. The van der Waals surface area contributed by atoms with Crippen LogP contribution in [-0.2, 0) is 19.1 Å². The molecule has 1 N–H and O–H groups in total. The Morgan fingerprint density at radius 1 is 1.05 bits per heavy atom. The van der Waals surface area contributed by atoms with Crippen molar-refractivity contribution in [3.63, 3.8) is 0 Å². The Morgan fingerprint density at radius 2 is 1.68 bits per heavy atom. The van der Waals surface area contributed by atoms with Gasteiger partial charge in [0.05, 0.1) is 5.41 Å². The van der Waals surface area contributed by atoms with Gasteiger partial charge in [-0.05, 0) is 33.1 Å². The molecule has 0 atom stereocenters. The maximum absolute atomic E-state index is 11.6. The van der Waals surface area contributed by atoms with Crippen molar-refractivity contribution in [3.8, 4) is 0 Å². The predicted octanol–water partition coefficient (Wildman–Crippen LogP) is 2.06. The SMILES string of the molecule is CCC(C)(C)C(=O)OCCOC(=O)CCCCCO. The van der Waals surface area contributed by atoms with Crippen LogP contribution in [-0.4, -0.2) is 36.9 Å². The lowest BCUT2D eigenvalue weighted by Crippen LogP contribution is -2.27. The van der Waals surface area contributed by atoms with Crippen LogP contribution in [0.4, 0.5) is 0 Å². The maximum atomic E-state index is 11.6. The van der Waals surface area contributed by atoms with E-state index in [1.54, 1.807) is 0 Å². The molecule has 0 saturated carbocycles. The number of hydrogen-bond acceptors (Lipinski definition) is 5. The van der Waals surface area contributed by atoms with Crippen LogP contribution in [0.15, 0.2) is 0 Å². The number of aliphatic hydroxyl groups excluding tert-OH is 1. The molecule has 0 fully saturated rings. The van der Waals surface area contributed by atoms with Gasteiger partial charge in [-0.15, -0.1) is 0 Å². The fourth-order valence-corrected chi connectivity index (χ4v) is 1.26. The second kappa shape index (κ2) is 9.78. The van der Waals surface area contributed by atoms with E-state index >= 15 is 0 Å². The zero-order valence-electron chi connectivity index (χ0n) is 12.2. The molecule has 0 heterocycles. The number of unbranched alkanes of at least 4 members (excludes halogenated alkanes) is 2. The molecule has 0 aromatic heterocycles. The lowest BCUT2D eigenvalue weighted by molar-refractivity contribution is -0.159. The lowest BCUT2D eigenvalue weighted by atomic mass is 9.91. The highest BCUT2D eigenvalue weighted by atomic mass is 16.6. The molecule has 0 saturated heterocycles. The van der Waals surface area contributed by atoms with Crippen LogP contribution in [0.2, 0.25) is 0 Å². The van der Waals surface area contributed by atoms with Gasteiger partial charge in [0.2, 0.25) is 0 Å². The molecule has 0 radical (unpaired) electrons. The molecule has 0 aliphatic rings. The van der Waals surface area contributed by atoms with Gasteiger partial charge in [0.15, 0.2) is 0 Å². The fourth-order valence-electron chi connectivity index (χ4n) is 1.26. The first-order valence-corrected chi connectivity index (χ1v) is 6.87. The summed E-state index contributed by atoms with van der Waals surface area (Å²) in [5.41, 5.74) is -0.492. The molecular weight excluding hydrogens is 248 g/mol. The average Bonchev–Trinajstić information content (AvgIpc) is 2.39. The summed E-state index contributed by atoms with van der Waals surface area (Å²) in [5.74, 6) is -0.558. The molecule has 0 amide bonds. The van der Waals surface area contributed by atoms with E-state index in [9.17, 15) is 9.59 Å². The summed E-state index contributed by atoms with van der Waals surface area (Å²) < 4.78 is 9.98.